The zero-order valence-electron chi connectivity index (χ0n) is 10.7. The first kappa shape index (κ1) is 11.1. The Hall–Kier alpha value is -1.81. The molecule has 98 valence electrons. The number of hydrogen-bond acceptors (Lipinski definition) is 4. The van der Waals surface area contributed by atoms with E-state index in [1.807, 2.05) is 24.4 Å². The van der Waals surface area contributed by atoms with Crippen molar-refractivity contribution in [2.24, 2.45) is 11.8 Å². The van der Waals surface area contributed by atoms with Crippen LogP contribution in [-0.2, 0) is 0 Å². The maximum atomic E-state index is 9.70. The van der Waals surface area contributed by atoms with Crippen LogP contribution in [0, 0.1) is 11.8 Å². The van der Waals surface area contributed by atoms with E-state index in [1.54, 1.807) is 6.07 Å². The number of aromatic hydroxyl groups is 1. The third kappa shape index (κ3) is 1.75. The lowest BCUT2D eigenvalue weighted by Crippen LogP contribution is -2.26. The largest absolute Gasteiger partial charge is 0.508 e. The van der Waals surface area contributed by atoms with E-state index in [2.05, 4.69) is 15.2 Å². The van der Waals surface area contributed by atoms with Crippen LogP contribution in [0.4, 0.5) is 5.82 Å². The molecule has 2 saturated heterocycles. The van der Waals surface area contributed by atoms with Crippen molar-refractivity contribution in [1.29, 1.82) is 0 Å². The second-order valence-electron chi connectivity index (χ2n) is 5.62. The lowest BCUT2D eigenvalue weighted by molar-refractivity contribution is 0.476. The number of pyridine rings is 1. The van der Waals surface area contributed by atoms with Crippen molar-refractivity contribution in [3.63, 3.8) is 0 Å². The predicted octanol–water partition coefficient (Wildman–Crippen LogP) is 1.60. The van der Waals surface area contributed by atoms with Crippen molar-refractivity contribution in [3.8, 4) is 5.75 Å². The first-order valence-corrected chi connectivity index (χ1v) is 6.84. The standard InChI is InChI=1S/C15H17N3O/c19-13-2-1-10-3-4-17-15(14(10)5-13)18-8-11-6-16-7-12(11)9-18/h1-5,11-12,16,19H,6-9H2/t11-,12+. The van der Waals surface area contributed by atoms with Crippen molar-refractivity contribution in [2.45, 2.75) is 0 Å². The number of fused-ring (bicyclic) bond motifs is 2. The summed E-state index contributed by atoms with van der Waals surface area (Å²) in [6, 6.07) is 7.50. The topological polar surface area (TPSA) is 48.4 Å². The minimum Gasteiger partial charge on any atom is -0.508 e. The van der Waals surface area contributed by atoms with Crippen LogP contribution in [0.1, 0.15) is 0 Å². The zero-order chi connectivity index (χ0) is 12.8. The summed E-state index contributed by atoms with van der Waals surface area (Å²) in [7, 11) is 0. The molecule has 0 aliphatic carbocycles. The second-order valence-corrected chi connectivity index (χ2v) is 5.62. The number of nitrogens with zero attached hydrogens (tertiary/aromatic N) is 2. The molecular formula is C15H17N3O. The summed E-state index contributed by atoms with van der Waals surface area (Å²) in [5.74, 6) is 2.81. The molecule has 0 amide bonds. The highest BCUT2D eigenvalue weighted by molar-refractivity contribution is 5.93. The summed E-state index contributed by atoms with van der Waals surface area (Å²) in [6.07, 6.45) is 1.86. The molecule has 3 heterocycles. The van der Waals surface area contributed by atoms with Gasteiger partial charge >= 0.3 is 0 Å². The van der Waals surface area contributed by atoms with E-state index in [0.29, 0.717) is 5.75 Å². The van der Waals surface area contributed by atoms with Gasteiger partial charge in [0.15, 0.2) is 0 Å². The maximum Gasteiger partial charge on any atom is 0.136 e. The Labute approximate surface area is 112 Å². The predicted molar refractivity (Wildman–Crippen MR) is 75.5 cm³/mol. The summed E-state index contributed by atoms with van der Waals surface area (Å²) >= 11 is 0. The van der Waals surface area contributed by atoms with Crippen LogP contribution >= 0.6 is 0 Å². The first-order chi connectivity index (χ1) is 9.31. The lowest BCUT2D eigenvalue weighted by atomic mass is 10.0. The Bertz CT molecular complexity index is 616. The SMILES string of the molecule is Oc1ccc2ccnc(N3C[C@H]4CNC[C@H]4C3)c2c1. The molecular weight excluding hydrogens is 238 g/mol. The van der Waals surface area contributed by atoms with Crippen molar-refractivity contribution < 1.29 is 5.11 Å². The van der Waals surface area contributed by atoms with Gasteiger partial charge in [-0.15, -0.1) is 0 Å². The molecule has 2 aliphatic heterocycles. The molecule has 0 radical (unpaired) electrons. The number of rotatable bonds is 1. The van der Waals surface area contributed by atoms with Gasteiger partial charge in [-0.1, -0.05) is 6.07 Å². The van der Waals surface area contributed by atoms with E-state index in [0.717, 1.165) is 54.6 Å². The first-order valence-electron chi connectivity index (χ1n) is 6.84. The molecule has 1 aromatic heterocycles. The fourth-order valence-corrected chi connectivity index (χ4v) is 3.42. The maximum absolute atomic E-state index is 9.70. The van der Waals surface area contributed by atoms with Crippen molar-refractivity contribution >= 4 is 16.6 Å². The number of benzene rings is 1. The molecule has 0 saturated carbocycles. The molecule has 0 spiro atoms. The van der Waals surface area contributed by atoms with Gasteiger partial charge in [-0.2, -0.15) is 0 Å². The number of hydrogen-bond donors (Lipinski definition) is 2. The third-order valence-electron chi connectivity index (χ3n) is 4.42. The van der Waals surface area contributed by atoms with Crippen LogP contribution in [0.2, 0.25) is 0 Å². The summed E-state index contributed by atoms with van der Waals surface area (Å²) in [5, 5.41) is 15.3. The molecule has 2 atom stereocenters. The summed E-state index contributed by atoms with van der Waals surface area (Å²) in [4.78, 5) is 6.92. The van der Waals surface area contributed by atoms with Gasteiger partial charge in [-0.05, 0) is 35.4 Å². The Morgan fingerprint density at radius 3 is 2.74 bits per heavy atom. The minimum atomic E-state index is 0.308. The molecule has 19 heavy (non-hydrogen) atoms. The third-order valence-corrected chi connectivity index (χ3v) is 4.42. The molecule has 2 aromatic rings. The molecule has 0 unspecified atom stereocenters. The number of nitrogens with one attached hydrogen (secondary N) is 1. The molecule has 2 N–H and O–H groups in total. The Morgan fingerprint density at radius 2 is 1.95 bits per heavy atom. The van der Waals surface area contributed by atoms with Gasteiger partial charge in [-0.3, -0.25) is 0 Å². The van der Waals surface area contributed by atoms with Crippen LogP contribution in [0.3, 0.4) is 0 Å². The molecule has 2 aliphatic rings. The smallest absolute Gasteiger partial charge is 0.136 e. The van der Waals surface area contributed by atoms with E-state index in [4.69, 9.17) is 0 Å². The molecule has 2 fully saturated rings. The highest BCUT2D eigenvalue weighted by Crippen LogP contribution is 2.34. The zero-order valence-corrected chi connectivity index (χ0v) is 10.7. The minimum absolute atomic E-state index is 0.308. The van der Waals surface area contributed by atoms with Crippen LogP contribution in [-0.4, -0.2) is 36.3 Å². The van der Waals surface area contributed by atoms with Gasteiger partial charge in [-0.25, -0.2) is 4.98 Å². The summed E-state index contributed by atoms with van der Waals surface area (Å²) in [6.45, 7) is 4.38. The van der Waals surface area contributed by atoms with Gasteiger partial charge in [0, 0.05) is 37.8 Å². The average Bonchev–Trinajstić information content (AvgIpc) is 2.98. The van der Waals surface area contributed by atoms with E-state index in [1.165, 1.54) is 0 Å². The average molecular weight is 255 g/mol. The van der Waals surface area contributed by atoms with Gasteiger partial charge in [0.1, 0.15) is 11.6 Å². The Morgan fingerprint density at radius 1 is 1.16 bits per heavy atom. The Balaban J connectivity index is 1.77. The van der Waals surface area contributed by atoms with Gasteiger partial charge in [0.25, 0.3) is 0 Å². The summed E-state index contributed by atoms with van der Waals surface area (Å²) < 4.78 is 0. The molecule has 4 heteroatoms. The van der Waals surface area contributed by atoms with E-state index in [9.17, 15) is 5.11 Å². The van der Waals surface area contributed by atoms with Crippen LogP contribution in [0.25, 0.3) is 10.8 Å². The molecule has 4 nitrogen and oxygen atoms in total. The van der Waals surface area contributed by atoms with Gasteiger partial charge in [0.05, 0.1) is 0 Å². The molecule has 4 rings (SSSR count). The molecule has 1 aromatic carbocycles. The van der Waals surface area contributed by atoms with E-state index < -0.39 is 0 Å². The normalized spacial score (nSPS) is 26.0. The van der Waals surface area contributed by atoms with Crippen molar-refractivity contribution in [1.82, 2.24) is 10.3 Å². The van der Waals surface area contributed by atoms with E-state index in [-0.39, 0.29) is 0 Å². The van der Waals surface area contributed by atoms with Gasteiger partial charge in [0.2, 0.25) is 0 Å². The Kier molecular flexibility index (Phi) is 2.38. The molecule has 0 bridgehead atoms. The van der Waals surface area contributed by atoms with Crippen LogP contribution in [0.5, 0.6) is 5.75 Å². The second kappa shape index (κ2) is 4.10. The quantitative estimate of drug-likeness (QED) is 0.812. The summed E-state index contributed by atoms with van der Waals surface area (Å²) in [5.41, 5.74) is 0. The number of anilines is 1. The highest BCUT2D eigenvalue weighted by atomic mass is 16.3. The number of phenols is 1. The van der Waals surface area contributed by atoms with Crippen LogP contribution < -0.4 is 10.2 Å². The van der Waals surface area contributed by atoms with Crippen molar-refractivity contribution in [2.75, 3.05) is 31.1 Å². The van der Waals surface area contributed by atoms with Crippen molar-refractivity contribution in [3.05, 3.63) is 30.5 Å². The number of aromatic nitrogens is 1. The monoisotopic (exact) mass is 255 g/mol. The van der Waals surface area contributed by atoms with Gasteiger partial charge < -0.3 is 15.3 Å². The van der Waals surface area contributed by atoms with Crippen LogP contribution in [0.15, 0.2) is 30.5 Å². The number of phenolic OH excluding ortho intramolecular Hbond substituents is 1. The fraction of sp³-hybridized carbons (Fsp3) is 0.400. The highest BCUT2D eigenvalue weighted by Gasteiger charge is 2.36. The fourth-order valence-electron chi connectivity index (χ4n) is 3.42. The van der Waals surface area contributed by atoms with E-state index >= 15 is 0 Å². The lowest BCUT2D eigenvalue weighted by Gasteiger charge is -2.20.